The molecule has 0 atom stereocenters. The predicted octanol–water partition coefficient (Wildman–Crippen LogP) is 6.85. The number of halogens is 9. The van der Waals surface area contributed by atoms with Gasteiger partial charge in [0.2, 0.25) is 11.5 Å². The molecule has 0 heterocycles. The molecular formula is C22H11F9N2O6. The van der Waals surface area contributed by atoms with E-state index in [1.807, 2.05) is 0 Å². The van der Waals surface area contributed by atoms with Crippen LogP contribution in [0.15, 0.2) is 54.6 Å². The zero-order chi connectivity index (χ0) is 29.7. The van der Waals surface area contributed by atoms with E-state index in [1.165, 1.54) is 0 Å². The molecule has 0 saturated heterocycles. The quantitative estimate of drug-likeness (QED) is 0.150. The minimum absolute atomic E-state index is 0.128. The molecule has 0 aromatic heterocycles. The monoisotopic (exact) mass is 570 g/mol. The van der Waals surface area contributed by atoms with Gasteiger partial charge in [-0.15, -0.1) is 0 Å². The Labute approximate surface area is 209 Å². The lowest BCUT2D eigenvalue weighted by atomic mass is 9.67. The summed E-state index contributed by atoms with van der Waals surface area (Å²) in [6.45, 7) is 0. The van der Waals surface area contributed by atoms with Crippen molar-refractivity contribution in [3.63, 3.8) is 0 Å². The van der Waals surface area contributed by atoms with Crippen molar-refractivity contribution in [3.8, 4) is 11.5 Å². The number of phenolic OH excluding ortho intramolecular Hbond substituents is 2. The van der Waals surface area contributed by atoms with Gasteiger partial charge in [-0.1, -0.05) is 30.3 Å². The summed E-state index contributed by atoms with van der Waals surface area (Å²) in [6, 6.07) is 3.23. The molecule has 17 heteroatoms. The van der Waals surface area contributed by atoms with E-state index in [4.69, 9.17) is 0 Å². The molecule has 0 unspecified atom stereocenters. The Morgan fingerprint density at radius 2 is 0.949 bits per heavy atom. The second kappa shape index (κ2) is 9.32. The smallest absolute Gasteiger partial charge is 0.420 e. The Kier molecular flexibility index (Phi) is 6.93. The Bertz CT molecular complexity index is 1370. The predicted molar refractivity (Wildman–Crippen MR) is 112 cm³/mol. The zero-order valence-corrected chi connectivity index (χ0v) is 18.5. The second-order valence-electron chi connectivity index (χ2n) is 7.91. The highest BCUT2D eigenvalue weighted by Crippen LogP contribution is 2.56. The summed E-state index contributed by atoms with van der Waals surface area (Å²) in [7, 11) is 0. The number of aromatic hydroxyl groups is 2. The normalized spacial score (nSPS) is 12.8. The van der Waals surface area contributed by atoms with Crippen molar-refractivity contribution in [1.29, 1.82) is 0 Å². The Morgan fingerprint density at radius 3 is 1.23 bits per heavy atom. The molecule has 3 aromatic carbocycles. The Morgan fingerprint density at radius 1 is 0.590 bits per heavy atom. The van der Waals surface area contributed by atoms with Crippen LogP contribution in [0, 0.1) is 20.2 Å². The molecule has 0 aliphatic carbocycles. The Hall–Kier alpha value is -4.57. The first-order valence-corrected chi connectivity index (χ1v) is 10.0. The lowest BCUT2D eigenvalue weighted by Gasteiger charge is -2.38. The molecule has 0 radical (unpaired) electrons. The fourth-order valence-corrected chi connectivity index (χ4v) is 4.06. The maximum absolute atomic E-state index is 15.1. The van der Waals surface area contributed by atoms with Crippen LogP contribution in [0.4, 0.5) is 50.9 Å². The maximum Gasteiger partial charge on any atom is 0.420 e. The number of hydrogen-bond donors (Lipinski definition) is 2. The van der Waals surface area contributed by atoms with E-state index < -0.39 is 84.5 Å². The summed E-state index contributed by atoms with van der Waals surface area (Å²) in [5.74, 6) is -4.15. The van der Waals surface area contributed by atoms with Gasteiger partial charge in [0.15, 0.2) is 0 Å². The molecule has 0 spiro atoms. The molecule has 8 nitrogen and oxygen atoms in total. The fourth-order valence-electron chi connectivity index (χ4n) is 4.06. The van der Waals surface area contributed by atoms with Gasteiger partial charge in [-0.2, -0.15) is 39.5 Å². The van der Waals surface area contributed by atoms with Crippen LogP contribution in [-0.4, -0.2) is 26.2 Å². The van der Waals surface area contributed by atoms with Gasteiger partial charge in [0.05, 0.1) is 9.85 Å². The van der Waals surface area contributed by atoms with Crippen molar-refractivity contribution in [2.45, 2.75) is 23.9 Å². The summed E-state index contributed by atoms with van der Waals surface area (Å²) in [4.78, 5) is 19.5. The van der Waals surface area contributed by atoms with Crippen LogP contribution in [0.1, 0.15) is 27.8 Å². The summed E-state index contributed by atoms with van der Waals surface area (Å²) >= 11 is 0. The Balaban J connectivity index is 2.72. The first kappa shape index (κ1) is 29.0. The van der Waals surface area contributed by atoms with Gasteiger partial charge < -0.3 is 10.2 Å². The molecule has 0 amide bonds. The average molecular weight is 570 g/mol. The molecule has 0 fully saturated rings. The second-order valence-corrected chi connectivity index (χ2v) is 7.91. The van der Waals surface area contributed by atoms with Crippen molar-refractivity contribution in [1.82, 2.24) is 0 Å². The third-order valence-corrected chi connectivity index (χ3v) is 5.68. The summed E-state index contributed by atoms with van der Waals surface area (Å²) in [5, 5.41) is 42.4. The number of phenols is 2. The highest BCUT2D eigenvalue weighted by atomic mass is 19.4. The number of nitro benzene ring substituents is 2. The van der Waals surface area contributed by atoms with Crippen molar-refractivity contribution < 1.29 is 59.6 Å². The fraction of sp³-hybridized carbons (Fsp3) is 0.182. The standard InChI is InChI=1S/C22H11F9N2O6/c23-20(24,25)13-6-11(8-15(17(13)34)32(36)37)19(22(29,30)31,10-4-2-1-3-5-10)12-7-14(21(26,27)28)18(35)16(9-12)33(38)39/h1-9,34-35H. The third kappa shape index (κ3) is 4.86. The van der Waals surface area contributed by atoms with E-state index in [9.17, 15) is 56.8 Å². The third-order valence-electron chi connectivity index (χ3n) is 5.68. The molecule has 0 bridgehead atoms. The molecule has 0 saturated carbocycles. The van der Waals surface area contributed by atoms with E-state index >= 15 is 13.2 Å². The summed E-state index contributed by atoms with van der Waals surface area (Å²) < 4.78 is 127. The first-order valence-electron chi connectivity index (χ1n) is 10.0. The van der Waals surface area contributed by atoms with Gasteiger partial charge in [0, 0.05) is 12.1 Å². The van der Waals surface area contributed by atoms with Crippen LogP contribution in [-0.2, 0) is 17.8 Å². The van der Waals surface area contributed by atoms with E-state index in [2.05, 4.69) is 0 Å². The van der Waals surface area contributed by atoms with Crippen LogP contribution < -0.4 is 0 Å². The van der Waals surface area contributed by atoms with Crippen LogP contribution >= 0.6 is 0 Å². The number of nitrogens with zero attached hydrogens (tertiary/aromatic N) is 2. The van der Waals surface area contributed by atoms with E-state index in [0.717, 1.165) is 18.2 Å². The van der Waals surface area contributed by atoms with Crippen molar-refractivity contribution >= 4 is 11.4 Å². The van der Waals surface area contributed by atoms with Gasteiger partial charge in [-0.25, -0.2) is 0 Å². The van der Waals surface area contributed by atoms with E-state index in [-0.39, 0.29) is 24.3 Å². The lowest BCUT2D eigenvalue weighted by Crippen LogP contribution is -2.45. The minimum Gasteiger partial charge on any atom is -0.502 e. The highest BCUT2D eigenvalue weighted by molar-refractivity contribution is 5.65. The molecule has 3 aromatic rings. The highest BCUT2D eigenvalue weighted by Gasteiger charge is 2.60. The molecule has 39 heavy (non-hydrogen) atoms. The van der Waals surface area contributed by atoms with Crippen LogP contribution in [0.3, 0.4) is 0 Å². The molecule has 3 rings (SSSR count). The largest absolute Gasteiger partial charge is 0.502 e. The van der Waals surface area contributed by atoms with Gasteiger partial charge >= 0.3 is 29.9 Å². The van der Waals surface area contributed by atoms with Gasteiger partial charge in [-0.3, -0.25) is 20.2 Å². The minimum atomic E-state index is -5.93. The molecular weight excluding hydrogens is 559 g/mol. The average Bonchev–Trinajstić information content (AvgIpc) is 2.79. The van der Waals surface area contributed by atoms with Crippen LogP contribution in [0.5, 0.6) is 11.5 Å². The van der Waals surface area contributed by atoms with Gasteiger partial charge in [0.25, 0.3) is 0 Å². The lowest BCUT2D eigenvalue weighted by molar-refractivity contribution is -0.386. The molecule has 0 aliphatic rings. The number of alkyl halides is 9. The SMILES string of the molecule is O=[N+]([O-])c1cc(C(c2ccccc2)(c2cc([N+](=O)[O-])c(O)c(C(F)(F)F)c2)C(F)(F)F)cc(C(F)(F)F)c1O. The summed E-state index contributed by atoms with van der Waals surface area (Å²) in [5.41, 5.74) is -17.1. The van der Waals surface area contributed by atoms with E-state index in [1.54, 1.807) is 0 Å². The van der Waals surface area contributed by atoms with E-state index in [0.29, 0.717) is 12.1 Å². The topological polar surface area (TPSA) is 127 Å². The maximum atomic E-state index is 15.1. The van der Waals surface area contributed by atoms with Gasteiger partial charge in [-0.05, 0) is 28.8 Å². The van der Waals surface area contributed by atoms with Crippen LogP contribution in [0.25, 0.3) is 0 Å². The van der Waals surface area contributed by atoms with Crippen molar-refractivity contribution in [3.05, 3.63) is 103 Å². The first-order chi connectivity index (χ1) is 17.7. The number of hydrogen-bond acceptors (Lipinski definition) is 6. The molecule has 208 valence electrons. The molecule has 2 N–H and O–H groups in total. The number of nitro groups is 2. The summed E-state index contributed by atoms with van der Waals surface area (Å²) in [6.07, 6.45) is -17.3. The van der Waals surface area contributed by atoms with Crippen molar-refractivity contribution in [2.75, 3.05) is 0 Å². The zero-order valence-electron chi connectivity index (χ0n) is 18.5. The van der Waals surface area contributed by atoms with Gasteiger partial charge in [0.1, 0.15) is 16.5 Å². The molecule has 0 aliphatic heterocycles. The number of benzene rings is 3. The van der Waals surface area contributed by atoms with Crippen molar-refractivity contribution in [2.24, 2.45) is 0 Å². The van der Waals surface area contributed by atoms with Crippen LogP contribution in [0.2, 0.25) is 0 Å². The number of rotatable bonds is 5.